The van der Waals surface area contributed by atoms with Crippen LogP contribution in [0, 0.1) is 5.41 Å². The van der Waals surface area contributed by atoms with Gasteiger partial charge in [-0.15, -0.1) is 0 Å². The van der Waals surface area contributed by atoms with E-state index in [0.717, 1.165) is 44.7 Å². The van der Waals surface area contributed by atoms with Gasteiger partial charge in [0, 0.05) is 18.4 Å². The third-order valence-electron chi connectivity index (χ3n) is 5.58. The maximum absolute atomic E-state index is 12.3. The predicted octanol–water partition coefficient (Wildman–Crippen LogP) is 2.24. The number of hydrogen-bond donors (Lipinski definition) is 1. The summed E-state index contributed by atoms with van der Waals surface area (Å²) in [6, 6.07) is 4.22. The lowest BCUT2D eigenvalue weighted by atomic mass is 9.59. The number of furan rings is 1. The molecular weight excluding hydrogens is 304 g/mol. The van der Waals surface area contributed by atoms with Gasteiger partial charge < -0.3 is 9.73 Å². The maximum Gasteiger partial charge on any atom is 0.271 e. The largest absolute Gasteiger partial charge is 0.468 e. The molecule has 2 aromatic heterocycles. The lowest BCUT2D eigenvalue weighted by Gasteiger charge is -2.54. The van der Waals surface area contributed by atoms with Gasteiger partial charge >= 0.3 is 0 Å². The summed E-state index contributed by atoms with van der Waals surface area (Å²) >= 11 is 0. The third-order valence-corrected chi connectivity index (χ3v) is 5.58. The van der Waals surface area contributed by atoms with Gasteiger partial charge in [0.2, 0.25) is 0 Å². The Morgan fingerprint density at radius 2 is 2.21 bits per heavy atom. The summed E-state index contributed by atoms with van der Waals surface area (Å²) in [5, 5.41) is 3.18. The molecule has 24 heavy (non-hydrogen) atoms. The molecule has 6 nitrogen and oxygen atoms in total. The van der Waals surface area contributed by atoms with Gasteiger partial charge in [-0.1, -0.05) is 0 Å². The highest BCUT2D eigenvalue weighted by molar-refractivity contribution is 5.92. The van der Waals surface area contributed by atoms with Gasteiger partial charge in [-0.05, 0) is 56.3 Å². The van der Waals surface area contributed by atoms with Gasteiger partial charge in [0.1, 0.15) is 11.5 Å². The SMILES string of the molecule is O=C(N[C@@H]1CCC12CCN(Cc1ccco1)CC2)c1cnccn1. The zero-order chi connectivity index (χ0) is 16.4. The van der Waals surface area contributed by atoms with Crippen molar-refractivity contribution in [2.45, 2.75) is 38.3 Å². The molecule has 6 heteroatoms. The topological polar surface area (TPSA) is 71.3 Å². The fourth-order valence-electron chi connectivity index (χ4n) is 3.95. The molecule has 1 aliphatic heterocycles. The molecule has 3 heterocycles. The van der Waals surface area contributed by atoms with Crippen LogP contribution in [0.25, 0.3) is 0 Å². The van der Waals surface area contributed by atoms with E-state index in [1.54, 1.807) is 18.7 Å². The van der Waals surface area contributed by atoms with Crippen LogP contribution in [-0.4, -0.2) is 39.9 Å². The summed E-state index contributed by atoms with van der Waals surface area (Å²) in [5.74, 6) is 0.914. The molecule has 1 saturated carbocycles. The molecule has 0 bridgehead atoms. The van der Waals surface area contributed by atoms with Crippen LogP contribution in [0.2, 0.25) is 0 Å². The zero-order valence-electron chi connectivity index (χ0n) is 13.6. The number of piperidine rings is 1. The van der Waals surface area contributed by atoms with Crippen molar-refractivity contribution in [3.05, 3.63) is 48.4 Å². The maximum atomic E-state index is 12.3. The van der Waals surface area contributed by atoms with Gasteiger partial charge in [-0.2, -0.15) is 0 Å². The lowest BCUT2D eigenvalue weighted by Crippen LogP contribution is -2.59. The minimum atomic E-state index is -0.106. The summed E-state index contributed by atoms with van der Waals surface area (Å²) in [4.78, 5) is 22.8. The molecule has 1 amide bonds. The van der Waals surface area contributed by atoms with E-state index in [0.29, 0.717) is 5.69 Å². The van der Waals surface area contributed by atoms with E-state index in [1.165, 1.54) is 12.6 Å². The first-order valence-electron chi connectivity index (χ1n) is 8.57. The van der Waals surface area contributed by atoms with E-state index in [1.807, 2.05) is 12.1 Å². The number of carbonyl (C=O) groups excluding carboxylic acids is 1. The van der Waals surface area contributed by atoms with Gasteiger partial charge in [0.15, 0.2) is 0 Å². The van der Waals surface area contributed by atoms with Crippen LogP contribution in [0.3, 0.4) is 0 Å². The normalized spacial score (nSPS) is 22.9. The minimum Gasteiger partial charge on any atom is -0.468 e. The molecule has 0 aromatic carbocycles. The average molecular weight is 326 g/mol. The number of likely N-dealkylation sites (tertiary alicyclic amines) is 1. The van der Waals surface area contributed by atoms with E-state index in [9.17, 15) is 4.79 Å². The molecule has 1 N–H and O–H groups in total. The molecular formula is C18H22N4O2. The first-order valence-corrected chi connectivity index (χ1v) is 8.57. The van der Waals surface area contributed by atoms with E-state index < -0.39 is 0 Å². The third kappa shape index (κ3) is 2.94. The second-order valence-electron chi connectivity index (χ2n) is 6.87. The number of nitrogens with zero attached hydrogens (tertiary/aromatic N) is 3. The smallest absolute Gasteiger partial charge is 0.271 e. The van der Waals surface area contributed by atoms with Crippen molar-refractivity contribution in [2.24, 2.45) is 5.41 Å². The number of hydrogen-bond acceptors (Lipinski definition) is 5. The van der Waals surface area contributed by atoms with E-state index in [2.05, 4.69) is 20.2 Å². The number of nitrogens with one attached hydrogen (secondary N) is 1. The van der Waals surface area contributed by atoms with Crippen molar-refractivity contribution in [3.8, 4) is 0 Å². The summed E-state index contributed by atoms with van der Waals surface area (Å²) in [6.45, 7) is 2.98. The van der Waals surface area contributed by atoms with Crippen LogP contribution in [0.4, 0.5) is 0 Å². The first kappa shape index (κ1) is 15.3. The summed E-state index contributed by atoms with van der Waals surface area (Å²) in [7, 11) is 0. The Kier molecular flexibility index (Phi) is 4.06. The average Bonchev–Trinajstić information content (AvgIpc) is 3.13. The molecule has 0 unspecified atom stereocenters. The molecule has 1 saturated heterocycles. The van der Waals surface area contributed by atoms with Gasteiger partial charge in [0.25, 0.3) is 5.91 Å². The first-order chi connectivity index (χ1) is 11.8. The Bertz CT molecular complexity index is 678. The van der Waals surface area contributed by atoms with Crippen molar-refractivity contribution in [3.63, 3.8) is 0 Å². The van der Waals surface area contributed by atoms with Crippen molar-refractivity contribution in [2.75, 3.05) is 13.1 Å². The van der Waals surface area contributed by atoms with E-state index in [-0.39, 0.29) is 17.4 Å². The number of aromatic nitrogens is 2. The molecule has 2 fully saturated rings. The van der Waals surface area contributed by atoms with Crippen molar-refractivity contribution in [1.29, 1.82) is 0 Å². The molecule has 1 spiro atoms. The summed E-state index contributed by atoms with van der Waals surface area (Å²) in [6.07, 6.45) is 10.9. The number of amides is 1. The monoisotopic (exact) mass is 326 g/mol. The van der Waals surface area contributed by atoms with Gasteiger partial charge in [-0.25, -0.2) is 4.98 Å². The van der Waals surface area contributed by atoms with Crippen molar-refractivity contribution in [1.82, 2.24) is 20.2 Å². The predicted molar refractivity (Wildman–Crippen MR) is 88.2 cm³/mol. The minimum absolute atomic E-state index is 0.106. The fourth-order valence-corrected chi connectivity index (χ4v) is 3.95. The van der Waals surface area contributed by atoms with Crippen LogP contribution < -0.4 is 5.32 Å². The Hall–Kier alpha value is -2.21. The molecule has 1 aliphatic carbocycles. The molecule has 2 aromatic rings. The van der Waals surface area contributed by atoms with Crippen LogP contribution in [0.15, 0.2) is 41.4 Å². The van der Waals surface area contributed by atoms with E-state index in [4.69, 9.17) is 4.42 Å². The lowest BCUT2D eigenvalue weighted by molar-refractivity contribution is -0.00857. The molecule has 4 rings (SSSR count). The Morgan fingerprint density at radius 3 is 2.83 bits per heavy atom. The zero-order valence-corrected chi connectivity index (χ0v) is 13.6. The second-order valence-corrected chi connectivity index (χ2v) is 6.87. The summed E-state index contributed by atoms with van der Waals surface area (Å²) in [5.41, 5.74) is 0.659. The van der Waals surface area contributed by atoms with Gasteiger partial charge in [-0.3, -0.25) is 14.7 Å². The molecule has 126 valence electrons. The van der Waals surface area contributed by atoms with E-state index >= 15 is 0 Å². The highest BCUT2D eigenvalue weighted by Crippen LogP contribution is 2.49. The Balaban J connectivity index is 1.33. The van der Waals surface area contributed by atoms with Crippen LogP contribution in [-0.2, 0) is 6.54 Å². The van der Waals surface area contributed by atoms with Crippen LogP contribution >= 0.6 is 0 Å². The van der Waals surface area contributed by atoms with Crippen molar-refractivity contribution >= 4 is 5.91 Å². The Labute approximate surface area is 141 Å². The Morgan fingerprint density at radius 1 is 1.33 bits per heavy atom. The van der Waals surface area contributed by atoms with Crippen LogP contribution in [0.1, 0.15) is 41.9 Å². The number of carbonyl (C=O) groups is 1. The summed E-state index contributed by atoms with van der Waals surface area (Å²) < 4.78 is 5.44. The molecule has 2 aliphatic rings. The number of rotatable bonds is 4. The highest BCUT2D eigenvalue weighted by Gasteiger charge is 2.48. The fraction of sp³-hybridized carbons (Fsp3) is 0.500. The second kappa shape index (κ2) is 6.36. The van der Waals surface area contributed by atoms with Gasteiger partial charge in [0.05, 0.1) is 19.0 Å². The quantitative estimate of drug-likeness (QED) is 0.933. The molecule has 1 atom stereocenters. The molecule has 0 radical (unpaired) electrons. The van der Waals surface area contributed by atoms with Crippen LogP contribution in [0.5, 0.6) is 0 Å². The standard InChI is InChI=1S/C18H22N4O2/c23-17(15-12-19-7-8-20-15)21-16-3-4-18(16)5-9-22(10-6-18)13-14-2-1-11-24-14/h1-2,7-8,11-12,16H,3-6,9-10,13H2,(H,21,23)/t16-/m1/s1. The van der Waals surface area contributed by atoms with Crippen molar-refractivity contribution < 1.29 is 9.21 Å². The highest BCUT2D eigenvalue weighted by atomic mass is 16.3.